The molecular weight excluding hydrogens is 651 g/mol. The van der Waals surface area contributed by atoms with E-state index in [4.69, 9.17) is 0 Å². The Bertz CT molecular complexity index is 1400. The molecule has 0 N–H and O–H groups in total. The molecule has 224 valence electrons. The van der Waals surface area contributed by atoms with Crippen molar-refractivity contribution < 1.29 is 45.3 Å². The van der Waals surface area contributed by atoms with Crippen LogP contribution in [0, 0.1) is 13.8 Å². The first kappa shape index (κ1) is 36.7. The van der Waals surface area contributed by atoms with Gasteiger partial charge in [0, 0.05) is 0 Å². The van der Waals surface area contributed by atoms with Gasteiger partial charge in [-0.3, -0.25) is 0 Å². The maximum Gasteiger partial charge on any atom is -0.0306 e. The zero-order valence-electron chi connectivity index (χ0n) is 27.0. The summed E-state index contributed by atoms with van der Waals surface area (Å²) in [4.78, 5) is 0. The van der Waals surface area contributed by atoms with Gasteiger partial charge in [0.1, 0.15) is 0 Å². The van der Waals surface area contributed by atoms with Crippen molar-refractivity contribution in [1.82, 2.24) is 0 Å². The van der Waals surface area contributed by atoms with Crippen molar-refractivity contribution in [3.05, 3.63) is 81.9 Å². The molecule has 6 rings (SSSR count). The minimum Gasteiger partial charge on any atom is -1.00 e. The van der Waals surface area contributed by atoms with Crippen molar-refractivity contribution in [3.63, 3.8) is 0 Å². The maximum absolute atomic E-state index is 2.39. The van der Waals surface area contributed by atoms with Crippen LogP contribution in [0.1, 0.15) is 112 Å². The molecule has 4 aromatic rings. The fourth-order valence-corrected chi connectivity index (χ4v) is 48.5. The number of hydrogen-bond acceptors (Lipinski definition) is 0. The molecule has 4 aromatic carbocycles. The fourth-order valence-electron chi connectivity index (χ4n) is 6.02. The van der Waals surface area contributed by atoms with Crippen LogP contribution in [-0.2, 0) is 20.5 Å². The topological polar surface area (TPSA) is 0 Å². The maximum atomic E-state index is 2.39. The van der Waals surface area contributed by atoms with E-state index in [-0.39, 0.29) is 24.8 Å². The number of aryl methyl sites for hydroxylation is 2. The Morgan fingerprint density at radius 2 is 0.878 bits per heavy atom. The summed E-state index contributed by atoms with van der Waals surface area (Å²) in [6.07, 6.45) is 0. The first-order valence-corrected chi connectivity index (χ1v) is 26.5. The predicted molar refractivity (Wildman–Crippen MR) is 176 cm³/mol. The van der Waals surface area contributed by atoms with Crippen LogP contribution in [0.5, 0.6) is 0 Å². The minimum atomic E-state index is 0. The molecule has 2 bridgehead atoms. The van der Waals surface area contributed by atoms with Gasteiger partial charge in [0.2, 0.25) is 0 Å². The molecule has 0 spiro atoms. The molecule has 0 radical (unpaired) electrons. The number of rotatable bonds is 4. The van der Waals surface area contributed by atoms with E-state index >= 15 is 0 Å². The second kappa shape index (κ2) is 16.0. The number of hydrogen-bond donors (Lipinski definition) is 0. The van der Waals surface area contributed by atoms with Gasteiger partial charge in [-0.1, -0.05) is 104 Å². The predicted octanol–water partition coefficient (Wildman–Crippen LogP) is 5.31. The van der Waals surface area contributed by atoms with Gasteiger partial charge in [0.25, 0.3) is 0 Å². The summed E-state index contributed by atoms with van der Waals surface area (Å²) in [6, 6.07) is 25.8. The fraction of sp³-hybridized carbons (Fsp3) is 0.500. The molecule has 2 aliphatic heterocycles. The van der Waals surface area contributed by atoms with Gasteiger partial charge in [-0.15, -0.1) is 56.9 Å². The van der Waals surface area contributed by atoms with Crippen LogP contribution in [0.2, 0.25) is 24.2 Å². The summed E-state index contributed by atoms with van der Waals surface area (Å²) in [5, 5.41) is 5.70. The Balaban J connectivity index is 0.000000223. The molecule has 0 fully saturated rings. The Hall–Kier alpha value is -0.443. The molecule has 0 atom stereocenters. The first-order chi connectivity index (χ1) is 18.4. The van der Waals surface area contributed by atoms with E-state index in [1.165, 1.54) is 54.9 Å². The summed E-state index contributed by atoms with van der Waals surface area (Å²) in [5.74, 6) is 2.42. The average molecular weight is 701 g/mol. The zero-order chi connectivity index (χ0) is 28.4. The molecule has 2 heterocycles. The molecule has 41 heavy (non-hydrogen) atoms. The van der Waals surface area contributed by atoms with E-state index in [2.05, 4.69) is 118 Å². The Morgan fingerprint density at radius 3 is 1.12 bits per heavy atom. The van der Waals surface area contributed by atoms with Gasteiger partial charge >= 0.3 is 55.5 Å². The summed E-state index contributed by atoms with van der Waals surface area (Å²) in [6.45, 7) is 22.5. The Labute approximate surface area is 274 Å². The molecule has 0 saturated carbocycles. The largest absolute Gasteiger partial charge is 1.00 e. The van der Waals surface area contributed by atoms with Gasteiger partial charge in [-0.05, 0) is 23.7 Å². The Kier molecular flexibility index (Phi) is 14.4. The molecule has 0 aromatic heterocycles. The van der Waals surface area contributed by atoms with Crippen LogP contribution in [0.3, 0.4) is 0 Å². The van der Waals surface area contributed by atoms with E-state index in [0.29, 0.717) is 55.0 Å². The van der Waals surface area contributed by atoms with Gasteiger partial charge in [-0.25, -0.2) is 0 Å². The Morgan fingerprint density at radius 1 is 0.537 bits per heavy atom. The summed E-state index contributed by atoms with van der Waals surface area (Å²) in [5.41, 5.74) is 9.73. The molecule has 0 unspecified atom stereocenters. The van der Waals surface area contributed by atoms with Crippen molar-refractivity contribution in [3.8, 4) is 0 Å². The molecule has 2 aliphatic rings. The van der Waals surface area contributed by atoms with Crippen LogP contribution in [0.15, 0.2) is 48.5 Å². The van der Waals surface area contributed by atoms with Crippen molar-refractivity contribution in [2.24, 2.45) is 0 Å². The van der Waals surface area contributed by atoms with E-state index in [9.17, 15) is 0 Å². The average Bonchev–Trinajstić information content (AvgIpc) is 3.66. The third-order valence-corrected chi connectivity index (χ3v) is 38.7. The zero-order valence-corrected chi connectivity index (χ0v) is 33.0. The third-order valence-electron chi connectivity index (χ3n) is 8.43. The van der Waals surface area contributed by atoms with Crippen molar-refractivity contribution in [2.75, 3.05) is 0 Å². The molecule has 0 aliphatic carbocycles. The molecular formula is C36H50Cl2Si2Zr-4. The van der Waals surface area contributed by atoms with Crippen LogP contribution in [0.25, 0.3) is 21.5 Å². The number of benzene rings is 2. The van der Waals surface area contributed by atoms with Crippen molar-refractivity contribution in [2.45, 2.75) is 117 Å². The second-order valence-electron chi connectivity index (χ2n) is 13.2. The normalized spacial score (nSPS) is 13.6. The van der Waals surface area contributed by atoms with Crippen LogP contribution < -0.4 is 24.8 Å². The third kappa shape index (κ3) is 9.28. The summed E-state index contributed by atoms with van der Waals surface area (Å²) < 4.78 is 0. The standard InChI is InChI=1S/2C16H21.C4H8Si2.2ClH.Zr/c2*1-10(2)13-8-14-6-12(5)7-16(14)15(9-13)11(3)4;1-2-6-4-3-5-1;;;/h2*6-11H,1-5H3;1-4H2;2*1H;/q2*-1;;;;/p-2. The van der Waals surface area contributed by atoms with Gasteiger partial charge < -0.3 is 24.8 Å². The van der Waals surface area contributed by atoms with Crippen LogP contribution in [0.4, 0.5) is 0 Å². The van der Waals surface area contributed by atoms with Gasteiger partial charge in [-0.2, -0.15) is 12.1 Å². The minimum absolute atomic E-state index is 0. The monoisotopic (exact) mass is 698 g/mol. The smallest absolute Gasteiger partial charge is 0.0306 e. The molecule has 0 amide bonds. The first-order valence-electron chi connectivity index (χ1n) is 15.3. The molecule has 0 saturated heterocycles. The van der Waals surface area contributed by atoms with Gasteiger partial charge in [0.15, 0.2) is 0 Å². The van der Waals surface area contributed by atoms with Gasteiger partial charge in [0.05, 0.1) is 0 Å². The van der Waals surface area contributed by atoms with E-state index < -0.39 is 0 Å². The van der Waals surface area contributed by atoms with E-state index in [1.54, 1.807) is 24.2 Å². The summed E-state index contributed by atoms with van der Waals surface area (Å²) in [7, 11) is 0. The van der Waals surface area contributed by atoms with Crippen molar-refractivity contribution in [1.29, 1.82) is 0 Å². The summed E-state index contributed by atoms with van der Waals surface area (Å²) >= 11 is 0.465. The molecule has 5 heteroatoms. The second-order valence-corrected chi connectivity index (χ2v) is 34.6. The van der Waals surface area contributed by atoms with E-state index in [1.807, 2.05) is 0 Å². The van der Waals surface area contributed by atoms with Crippen molar-refractivity contribution >= 4 is 32.4 Å². The van der Waals surface area contributed by atoms with Crippen LogP contribution >= 0.6 is 0 Å². The SMILES string of the molecule is C1C[Si]2=[Zr]=[Si]1CC2.Cc1cc2c(C(C)C)cc(C(C)C)cc2[cH-]1.Cc1cc2c(C(C)C)cc(C(C)C)cc2[cH-]1.[Cl-].[Cl-]. The number of fused-ring (bicyclic) bond motifs is 2. The quantitative estimate of drug-likeness (QED) is 0.200. The molecule has 0 nitrogen and oxygen atoms in total. The number of halogens is 2. The van der Waals surface area contributed by atoms with E-state index in [0.717, 1.165) is 0 Å². The van der Waals surface area contributed by atoms with Crippen LogP contribution in [-0.4, -0.2) is 10.9 Å².